The predicted octanol–water partition coefficient (Wildman–Crippen LogP) is 2.33. The van der Waals surface area contributed by atoms with Gasteiger partial charge in [-0.2, -0.15) is 0 Å². The molecule has 0 radical (unpaired) electrons. The zero-order valence-electron chi connectivity index (χ0n) is 12.2. The molecule has 1 fully saturated rings. The SMILES string of the molecule is O=C([C@H]1N=CO[C@@H]1c1ccnc2ccccc12)N1CCCC1. The Hall–Kier alpha value is -2.43. The molecule has 0 N–H and O–H groups in total. The minimum absolute atomic E-state index is 0.0668. The van der Waals surface area contributed by atoms with E-state index in [4.69, 9.17) is 4.74 Å². The Morgan fingerprint density at radius 2 is 2.00 bits per heavy atom. The van der Waals surface area contributed by atoms with Crippen LogP contribution >= 0.6 is 0 Å². The molecular weight excluding hydrogens is 278 g/mol. The fourth-order valence-corrected chi connectivity index (χ4v) is 3.25. The summed E-state index contributed by atoms with van der Waals surface area (Å²) in [6, 6.07) is 9.34. The molecule has 1 aromatic carbocycles. The van der Waals surface area contributed by atoms with Crippen molar-refractivity contribution in [2.24, 2.45) is 4.99 Å². The van der Waals surface area contributed by atoms with Crippen LogP contribution in [0.25, 0.3) is 10.9 Å². The summed E-state index contributed by atoms with van der Waals surface area (Å²) in [5.74, 6) is 0.0668. The van der Waals surface area contributed by atoms with Gasteiger partial charge in [0.25, 0.3) is 5.91 Å². The van der Waals surface area contributed by atoms with Gasteiger partial charge in [0.05, 0.1) is 5.52 Å². The van der Waals surface area contributed by atoms with Gasteiger partial charge in [-0.25, -0.2) is 4.99 Å². The third-order valence-electron chi connectivity index (χ3n) is 4.38. The van der Waals surface area contributed by atoms with Crippen LogP contribution in [0.5, 0.6) is 0 Å². The molecular formula is C17H17N3O2. The van der Waals surface area contributed by atoms with Crippen molar-refractivity contribution >= 4 is 23.2 Å². The second kappa shape index (κ2) is 5.40. The maximum atomic E-state index is 12.7. The first kappa shape index (κ1) is 13.2. The number of fused-ring (bicyclic) bond motifs is 1. The van der Waals surface area contributed by atoms with Gasteiger partial charge in [-0.15, -0.1) is 0 Å². The van der Waals surface area contributed by atoms with Crippen molar-refractivity contribution in [1.29, 1.82) is 0 Å². The number of amides is 1. The molecule has 0 bridgehead atoms. The number of aliphatic imine (C=N–C) groups is 1. The summed E-state index contributed by atoms with van der Waals surface area (Å²) in [6.45, 7) is 1.66. The highest BCUT2D eigenvalue weighted by atomic mass is 16.5. The molecule has 0 unspecified atom stereocenters. The Morgan fingerprint density at radius 3 is 2.86 bits per heavy atom. The van der Waals surface area contributed by atoms with Crippen molar-refractivity contribution in [1.82, 2.24) is 9.88 Å². The van der Waals surface area contributed by atoms with Crippen molar-refractivity contribution < 1.29 is 9.53 Å². The summed E-state index contributed by atoms with van der Waals surface area (Å²) in [7, 11) is 0. The second-order valence-electron chi connectivity index (χ2n) is 5.71. The van der Waals surface area contributed by atoms with E-state index < -0.39 is 6.04 Å². The molecule has 5 heteroatoms. The summed E-state index contributed by atoms with van der Waals surface area (Å²) in [6.07, 6.45) is 4.97. The Bertz CT molecular complexity index is 732. The van der Waals surface area contributed by atoms with Crippen LogP contribution in [-0.4, -0.2) is 41.3 Å². The number of likely N-dealkylation sites (tertiary alicyclic amines) is 1. The number of para-hydroxylation sites is 1. The summed E-state index contributed by atoms with van der Waals surface area (Å²) < 4.78 is 5.67. The van der Waals surface area contributed by atoms with E-state index in [9.17, 15) is 4.79 Å². The number of carbonyl (C=O) groups excluding carboxylic acids is 1. The van der Waals surface area contributed by atoms with Gasteiger partial charge in [-0.05, 0) is 25.0 Å². The molecule has 2 aromatic rings. The van der Waals surface area contributed by atoms with Crippen LogP contribution in [0.15, 0.2) is 41.5 Å². The van der Waals surface area contributed by atoms with Gasteiger partial charge in [-0.3, -0.25) is 9.78 Å². The highest BCUT2D eigenvalue weighted by molar-refractivity contribution is 5.88. The minimum Gasteiger partial charge on any atom is -0.473 e. The van der Waals surface area contributed by atoms with Gasteiger partial charge in [0.1, 0.15) is 0 Å². The van der Waals surface area contributed by atoms with Crippen molar-refractivity contribution in [3.63, 3.8) is 0 Å². The number of pyridine rings is 1. The quantitative estimate of drug-likeness (QED) is 0.854. The smallest absolute Gasteiger partial charge is 0.251 e. The van der Waals surface area contributed by atoms with Gasteiger partial charge < -0.3 is 9.64 Å². The predicted molar refractivity (Wildman–Crippen MR) is 83.7 cm³/mol. The Kier molecular flexibility index (Phi) is 3.25. The maximum Gasteiger partial charge on any atom is 0.251 e. The third kappa shape index (κ3) is 2.13. The van der Waals surface area contributed by atoms with Crippen LogP contribution in [0.3, 0.4) is 0 Å². The fraction of sp³-hybridized carbons (Fsp3) is 0.353. The van der Waals surface area contributed by atoms with Crippen molar-refractivity contribution in [3.8, 4) is 0 Å². The monoisotopic (exact) mass is 295 g/mol. The third-order valence-corrected chi connectivity index (χ3v) is 4.38. The van der Waals surface area contributed by atoms with E-state index in [1.165, 1.54) is 6.40 Å². The maximum absolute atomic E-state index is 12.7. The van der Waals surface area contributed by atoms with Crippen LogP contribution in [0.1, 0.15) is 24.5 Å². The molecule has 0 aliphatic carbocycles. The number of rotatable bonds is 2. The van der Waals surface area contributed by atoms with E-state index in [1.807, 2.05) is 35.2 Å². The van der Waals surface area contributed by atoms with Gasteiger partial charge in [0.15, 0.2) is 18.5 Å². The minimum atomic E-state index is -0.482. The first-order chi connectivity index (χ1) is 10.8. The zero-order chi connectivity index (χ0) is 14.9. The molecule has 0 saturated carbocycles. The zero-order valence-corrected chi connectivity index (χ0v) is 12.2. The van der Waals surface area contributed by atoms with Crippen LogP contribution in [0, 0.1) is 0 Å². The molecule has 2 atom stereocenters. The van der Waals surface area contributed by atoms with E-state index in [2.05, 4.69) is 9.98 Å². The van der Waals surface area contributed by atoms with Crippen molar-refractivity contribution in [3.05, 3.63) is 42.1 Å². The Morgan fingerprint density at radius 1 is 1.18 bits per heavy atom. The fourth-order valence-electron chi connectivity index (χ4n) is 3.25. The van der Waals surface area contributed by atoms with Gasteiger partial charge in [-0.1, -0.05) is 18.2 Å². The molecule has 1 saturated heterocycles. The summed E-state index contributed by atoms with van der Waals surface area (Å²) in [5, 5.41) is 1.01. The van der Waals surface area contributed by atoms with E-state index >= 15 is 0 Å². The van der Waals surface area contributed by atoms with Crippen LogP contribution in [0.2, 0.25) is 0 Å². The van der Waals surface area contributed by atoms with Crippen LogP contribution in [-0.2, 0) is 9.53 Å². The Balaban J connectivity index is 1.70. The molecule has 3 heterocycles. The highest BCUT2D eigenvalue weighted by Crippen LogP contribution is 2.33. The lowest BCUT2D eigenvalue weighted by Gasteiger charge is -2.23. The van der Waals surface area contributed by atoms with E-state index in [-0.39, 0.29) is 12.0 Å². The van der Waals surface area contributed by atoms with E-state index in [0.29, 0.717) is 0 Å². The topological polar surface area (TPSA) is 54.8 Å². The van der Waals surface area contributed by atoms with E-state index in [0.717, 1.165) is 42.4 Å². The summed E-state index contributed by atoms with van der Waals surface area (Å²) >= 11 is 0. The molecule has 4 rings (SSSR count). The Labute approximate surface area is 128 Å². The average molecular weight is 295 g/mol. The lowest BCUT2D eigenvalue weighted by Crippen LogP contribution is -2.38. The van der Waals surface area contributed by atoms with Crippen molar-refractivity contribution in [2.75, 3.05) is 13.1 Å². The number of benzene rings is 1. The molecule has 0 spiro atoms. The summed E-state index contributed by atoms with van der Waals surface area (Å²) in [4.78, 5) is 23.2. The molecule has 112 valence electrons. The normalized spacial score (nSPS) is 23.9. The van der Waals surface area contributed by atoms with E-state index in [1.54, 1.807) is 6.20 Å². The number of aromatic nitrogens is 1. The first-order valence-corrected chi connectivity index (χ1v) is 7.64. The van der Waals surface area contributed by atoms with Crippen LogP contribution in [0.4, 0.5) is 0 Å². The standard InChI is InChI=1S/C17H17N3O2/c21-17(20-9-3-4-10-20)15-16(22-11-19-15)13-7-8-18-14-6-2-1-5-12(13)14/h1-2,5-8,11,15-16H,3-4,9-10H2/t15-,16+/m0/s1. The number of hydrogen-bond acceptors (Lipinski definition) is 4. The van der Waals surface area contributed by atoms with Gasteiger partial charge in [0, 0.05) is 30.2 Å². The largest absolute Gasteiger partial charge is 0.473 e. The molecule has 22 heavy (non-hydrogen) atoms. The number of ether oxygens (including phenoxy) is 1. The van der Waals surface area contributed by atoms with Gasteiger partial charge >= 0.3 is 0 Å². The molecule has 2 aliphatic rings. The number of carbonyl (C=O) groups is 1. The van der Waals surface area contributed by atoms with Crippen LogP contribution < -0.4 is 0 Å². The lowest BCUT2D eigenvalue weighted by molar-refractivity contribution is -0.133. The summed E-state index contributed by atoms with van der Waals surface area (Å²) in [5.41, 5.74) is 1.88. The first-order valence-electron chi connectivity index (χ1n) is 7.64. The second-order valence-corrected chi connectivity index (χ2v) is 5.71. The molecule has 2 aliphatic heterocycles. The average Bonchev–Trinajstić information content (AvgIpc) is 3.25. The number of nitrogens with zero attached hydrogens (tertiary/aromatic N) is 3. The molecule has 5 nitrogen and oxygen atoms in total. The molecule has 1 aromatic heterocycles. The highest BCUT2D eigenvalue weighted by Gasteiger charge is 2.38. The lowest BCUT2D eigenvalue weighted by atomic mass is 9.98. The number of hydrogen-bond donors (Lipinski definition) is 0. The van der Waals surface area contributed by atoms with Gasteiger partial charge in [0.2, 0.25) is 0 Å². The molecule has 1 amide bonds. The van der Waals surface area contributed by atoms with Crippen molar-refractivity contribution in [2.45, 2.75) is 25.0 Å².